The maximum absolute atomic E-state index is 12.9. The Bertz CT molecular complexity index is 529. The SMILES string of the molecule is Fc1ccc(COc2cccc(Cl)c2)cc1Cl. The summed E-state index contributed by atoms with van der Waals surface area (Å²) in [5.74, 6) is 0.233. The number of hydrogen-bond donors (Lipinski definition) is 0. The average molecular weight is 271 g/mol. The van der Waals surface area contributed by atoms with E-state index in [1.807, 2.05) is 0 Å². The van der Waals surface area contributed by atoms with Gasteiger partial charge in [-0.25, -0.2) is 4.39 Å². The molecule has 88 valence electrons. The fraction of sp³-hybridized carbons (Fsp3) is 0.0769. The fourth-order valence-electron chi connectivity index (χ4n) is 1.35. The van der Waals surface area contributed by atoms with Gasteiger partial charge < -0.3 is 4.74 Å². The van der Waals surface area contributed by atoms with E-state index in [2.05, 4.69) is 0 Å². The van der Waals surface area contributed by atoms with Gasteiger partial charge >= 0.3 is 0 Å². The highest BCUT2D eigenvalue weighted by Crippen LogP contribution is 2.20. The molecule has 0 bridgehead atoms. The van der Waals surface area contributed by atoms with Gasteiger partial charge in [0.25, 0.3) is 0 Å². The summed E-state index contributed by atoms with van der Waals surface area (Å²) >= 11 is 11.5. The van der Waals surface area contributed by atoms with Crippen molar-refractivity contribution < 1.29 is 9.13 Å². The molecule has 0 aliphatic heterocycles. The first kappa shape index (κ1) is 12.2. The molecule has 2 aromatic rings. The van der Waals surface area contributed by atoms with Crippen molar-refractivity contribution in [2.75, 3.05) is 0 Å². The van der Waals surface area contributed by atoms with Crippen LogP contribution >= 0.6 is 23.2 Å². The first-order valence-electron chi connectivity index (χ1n) is 4.97. The van der Waals surface area contributed by atoms with Gasteiger partial charge in [-0.05, 0) is 35.9 Å². The lowest BCUT2D eigenvalue weighted by Crippen LogP contribution is -1.95. The van der Waals surface area contributed by atoms with E-state index in [0.29, 0.717) is 17.4 Å². The maximum atomic E-state index is 12.9. The third-order valence-corrected chi connectivity index (χ3v) is 2.71. The second-order valence-corrected chi connectivity index (χ2v) is 4.34. The summed E-state index contributed by atoms with van der Waals surface area (Å²) in [5.41, 5.74) is 0.802. The van der Waals surface area contributed by atoms with Crippen molar-refractivity contribution in [1.82, 2.24) is 0 Å². The Kier molecular flexibility index (Phi) is 3.87. The summed E-state index contributed by atoms with van der Waals surface area (Å²) in [6.45, 7) is 0.320. The van der Waals surface area contributed by atoms with Crippen molar-refractivity contribution in [2.45, 2.75) is 6.61 Å². The molecule has 1 nitrogen and oxygen atoms in total. The minimum atomic E-state index is -0.432. The minimum Gasteiger partial charge on any atom is -0.489 e. The quantitative estimate of drug-likeness (QED) is 0.785. The number of ether oxygens (including phenoxy) is 1. The van der Waals surface area contributed by atoms with Crippen LogP contribution in [0, 0.1) is 5.82 Å². The number of benzene rings is 2. The molecule has 2 aromatic carbocycles. The lowest BCUT2D eigenvalue weighted by molar-refractivity contribution is 0.306. The van der Waals surface area contributed by atoms with Gasteiger partial charge in [-0.1, -0.05) is 35.3 Å². The molecule has 0 fully saturated rings. The van der Waals surface area contributed by atoms with Crippen LogP contribution in [-0.4, -0.2) is 0 Å². The zero-order valence-corrected chi connectivity index (χ0v) is 10.3. The molecule has 0 N–H and O–H groups in total. The lowest BCUT2D eigenvalue weighted by atomic mass is 10.2. The van der Waals surface area contributed by atoms with Crippen LogP contribution in [0.4, 0.5) is 4.39 Å². The normalized spacial score (nSPS) is 10.3. The van der Waals surface area contributed by atoms with E-state index in [-0.39, 0.29) is 5.02 Å². The van der Waals surface area contributed by atoms with Crippen LogP contribution in [0.25, 0.3) is 0 Å². The predicted molar refractivity (Wildman–Crippen MR) is 67.2 cm³/mol. The molecule has 0 aromatic heterocycles. The van der Waals surface area contributed by atoms with Gasteiger partial charge in [0.15, 0.2) is 0 Å². The van der Waals surface area contributed by atoms with E-state index >= 15 is 0 Å². The standard InChI is InChI=1S/C13H9Cl2FO/c14-10-2-1-3-11(7-10)17-8-9-4-5-13(16)12(15)6-9/h1-7H,8H2. The van der Waals surface area contributed by atoms with Crippen molar-refractivity contribution >= 4 is 23.2 Å². The van der Waals surface area contributed by atoms with Gasteiger partial charge in [0.2, 0.25) is 0 Å². The Hall–Kier alpha value is -1.25. The highest BCUT2D eigenvalue weighted by Gasteiger charge is 2.02. The monoisotopic (exact) mass is 270 g/mol. The third-order valence-electron chi connectivity index (χ3n) is 2.19. The van der Waals surface area contributed by atoms with Gasteiger partial charge in [0, 0.05) is 5.02 Å². The van der Waals surface area contributed by atoms with E-state index in [4.69, 9.17) is 27.9 Å². The molecule has 0 aliphatic rings. The Morgan fingerprint density at radius 3 is 2.59 bits per heavy atom. The Labute approximate surface area is 109 Å². The Balaban J connectivity index is 2.05. The highest BCUT2D eigenvalue weighted by molar-refractivity contribution is 6.31. The van der Waals surface area contributed by atoms with Gasteiger partial charge in [0.05, 0.1) is 5.02 Å². The molecule has 0 aliphatic carbocycles. The van der Waals surface area contributed by atoms with Gasteiger partial charge in [0.1, 0.15) is 18.2 Å². The summed E-state index contributed by atoms with van der Waals surface area (Å²) < 4.78 is 18.4. The Morgan fingerprint density at radius 2 is 1.88 bits per heavy atom. The van der Waals surface area contributed by atoms with Crippen LogP contribution in [0.3, 0.4) is 0 Å². The van der Waals surface area contributed by atoms with Crippen molar-refractivity contribution in [3.63, 3.8) is 0 Å². The summed E-state index contributed by atoms with van der Waals surface area (Å²) in [7, 11) is 0. The summed E-state index contributed by atoms with van der Waals surface area (Å²) in [6.07, 6.45) is 0. The first-order chi connectivity index (χ1) is 8.15. The second kappa shape index (κ2) is 5.39. The molecule has 2 rings (SSSR count). The van der Waals surface area contributed by atoms with E-state index in [0.717, 1.165) is 5.56 Å². The summed E-state index contributed by atoms with van der Waals surface area (Å²) in [5, 5.41) is 0.705. The molecule has 4 heteroatoms. The van der Waals surface area contributed by atoms with Gasteiger partial charge in [-0.15, -0.1) is 0 Å². The maximum Gasteiger partial charge on any atom is 0.141 e. The number of halogens is 3. The first-order valence-corrected chi connectivity index (χ1v) is 5.73. The van der Waals surface area contributed by atoms with Crippen molar-refractivity contribution in [3.8, 4) is 5.75 Å². The predicted octanol–water partition coefficient (Wildman–Crippen LogP) is 4.71. The van der Waals surface area contributed by atoms with Crippen LogP contribution in [0.5, 0.6) is 5.75 Å². The van der Waals surface area contributed by atoms with Crippen molar-refractivity contribution in [3.05, 3.63) is 63.9 Å². The molecule has 0 unspecified atom stereocenters. The zero-order chi connectivity index (χ0) is 12.3. The zero-order valence-electron chi connectivity index (χ0n) is 8.79. The van der Waals surface area contributed by atoms with Crippen LogP contribution < -0.4 is 4.74 Å². The molecule has 17 heavy (non-hydrogen) atoms. The Morgan fingerprint density at radius 1 is 1.06 bits per heavy atom. The second-order valence-electron chi connectivity index (χ2n) is 3.49. The largest absolute Gasteiger partial charge is 0.489 e. The molecule has 0 saturated heterocycles. The van der Waals surface area contributed by atoms with E-state index in [1.54, 1.807) is 36.4 Å². The van der Waals surface area contributed by atoms with Crippen LogP contribution in [0.2, 0.25) is 10.0 Å². The smallest absolute Gasteiger partial charge is 0.141 e. The molecule has 0 saturated carbocycles. The van der Waals surface area contributed by atoms with Gasteiger partial charge in [-0.2, -0.15) is 0 Å². The van der Waals surface area contributed by atoms with Crippen LogP contribution in [0.15, 0.2) is 42.5 Å². The summed E-state index contributed by atoms with van der Waals surface area (Å²) in [4.78, 5) is 0. The van der Waals surface area contributed by atoms with Crippen LogP contribution in [-0.2, 0) is 6.61 Å². The molecule has 0 amide bonds. The fourth-order valence-corrected chi connectivity index (χ4v) is 1.74. The number of rotatable bonds is 3. The molecule has 0 heterocycles. The van der Waals surface area contributed by atoms with Crippen LogP contribution in [0.1, 0.15) is 5.56 Å². The molecule has 0 spiro atoms. The molecule has 0 radical (unpaired) electrons. The molecular formula is C13H9Cl2FO. The topological polar surface area (TPSA) is 9.23 Å². The number of hydrogen-bond acceptors (Lipinski definition) is 1. The minimum absolute atomic E-state index is 0.0946. The van der Waals surface area contributed by atoms with E-state index in [1.165, 1.54) is 6.07 Å². The average Bonchev–Trinajstić information content (AvgIpc) is 2.31. The molecular weight excluding hydrogens is 262 g/mol. The van der Waals surface area contributed by atoms with E-state index in [9.17, 15) is 4.39 Å². The van der Waals surface area contributed by atoms with E-state index < -0.39 is 5.82 Å². The lowest BCUT2D eigenvalue weighted by Gasteiger charge is -2.07. The highest BCUT2D eigenvalue weighted by atomic mass is 35.5. The van der Waals surface area contributed by atoms with Gasteiger partial charge in [-0.3, -0.25) is 0 Å². The third kappa shape index (κ3) is 3.35. The van der Waals surface area contributed by atoms with Crippen molar-refractivity contribution in [1.29, 1.82) is 0 Å². The molecule has 0 atom stereocenters. The summed E-state index contributed by atoms with van der Waals surface area (Å²) in [6, 6.07) is 11.6. The van der Waals surface area contributed by atoms with Crippen molar-refractivity contribution in [2.24, 2.45) is 0 Å².